The van der Waals surface area contributed by atoms with Crippen LogP contribution in [0.1, 0.15) is 38.1 Å². The van der Waals surface area contributed by atoms with Crippen molar-refractivity contribution in [3.8, 4) is 17.4 Å². The van der Waals surface area contributed by atoms with Gasteiger partial charge in [-0.3, -0.25) is 9.29 Å². The van der Waals surface area contributed by atoms with Gasteiger partial charge in [-0.05, 0) is 32.3 Å². The minimum atomic E-state index is -4.04. The van der Waals surface area contributed by atoms with Gasteiger partial charge < -0.3 is 14.2 Å². The van der Waals surface area contributed by atoms with E-state index in [1.807, 2.05) is 0 Å². The number of nitrogens with zero attached hydrogens (tertiary/aromatic N) is 6. The standard InChI is InChI=1S/C22H28ClN7O5S/c1-14(18(35-4)19-24-11-15(23)12-25-19)36(31,32)29-21-28-27-20(16-7-5-8-17(26-16)34-3)30(21)22(13-33-2)9-6-10-22/h5,7-8,11-12,14,18H,6,9-10,13H2,1-4H3,(H,28,29). The predicted molar refractivity (Wildman–Crippen MR) is 132 cm³/mol. The molecule has 0 spiro atoms. The lowest BCUT2D eigenvalue weighted by atomic mass is 9.77. The largest absolute Gasteiger partial charge is 0.481 e. The summed E-state index contributed by atoms with van der Waals surface area (Å²) < 4.78 is 47.6. The molecule has 0 aromatic carbocycles. The van der Waals surface area contributed by atoms with Crippen LogP contribution in [0.2, 0.25) is 5.02 Å². The molecule has 1 N–H and O–H groups in total. The lowest BCUT2D eigenvalue weighted by Crippen LogP contribution is -2.46. The number of halogens is 1. The van der Waals surface area contributed by atoms with E-state index >= 15 is 0 Å². The van der Waals surface area contributed by atoms with E-state index in [9.17, 15) is 8.42 Å². The Bertz CT molecular complexity index is 1300. The maximum atomic E-state index is 13.5. The predicted octanol–water partition coefficient (Wildman–Crippen LogP) is 2.84. The van der Waals surface area contributed by atoms with E-state index in [0.717, 1.165) is 19.3 Å². The Labute approximate surface area is 214 Å². The number of hydrogen-bond acceptors (Lipinski definition) is 10. The van der Waals surface area contributed by atoms with E-state index in [1.165, 1.54) is 33.5 Å². The van der Waals surface area contributed by atoms with Crippen LogP contribution >= 0.6 is 11.6 Å². The zero-order chi connectivity index (χ0) is 25.9. The van der Waals surface area contributed by atoms with Gasteiger partial charge in [0.1, 0.15) is 17.0 Å². The summed E-state index contributed by atoms with van der Waals surface area (Å²) in [4.78, 5) is 12.7. The summed E-state index contributed by atoms with van der Waals surface area (Å²) >= 11 is 5.88. The average molecular weight is 538 g/mol. The van der Waals surface area contributed by atoms with Crippen LogP contribution < -0.4 is 9.46 Å². The molecule has 0 aliphatic heterocycles. The third kappa shape index (κ3) is 5.01. The van der Waals surface area contributed by atoms with Crippen LogP contribution in [0.4, 0.5) is 5.95 Å². The van der Waals surface area contributed by atoms with Crippen molar-refractivity contribution in [2.24, 2.45) is 0 Å². The van der Waals surface area contributed by atoms with Crippen molar-refractivity contribution in [2.45, 2.75) is 43.1 Å². The van der Waals surface area contributed by atoms with E-state index in [-0.39, 0.29) is 11.8 Å². The van der Waals surface area contributed by atoms with Gasteiger partial charge >= 0.3 is 0 Å². The molecule has 0 saturated heterocycles. The molecule has 12 nitrogen and oxygen atoms in total. The Morgan fingerprint density at radius 3 is 2.47 bits per heavy atom. The van der Waals surface area contributed by atoms with E-state index in [0.29, 0.717) is 29.0 Å². The molecule has 0 radical (unpaired) electrons. The number of nitrogens with one attached hydrogen (secondary N) is 1. The summed E-state index contributed by atoms with van der Waals surface area (Å²) in [5.41, 5.74) is -0.0357. The molecule has 194 valence electrons. The first-order valence-electron chi connectivity index (χ1n) is 11.2. The zero-order valence-corrected chi connectivity index (χ0v) is 22.0. The molecule has 1 aliphatic rings. The van der Waals surface area contributed by atoms with Crippen molar-refractivity contribution in [2.75, 3.05) is 32.7 Å². The highest BCUT2D eigenvalue weighted by molar-refractivity contribution is 7.93. The summed E-state index contributed by atoms with van der Waals surface area (Å²) in [6.07, 6.45) is 4.30. The van der Waals surface area contributed by atoms with Gasteiger partial charge in [-0.1, -0.05) is 17.7 Å². The van der Waals surface area contributed by atoms with E-state index in [1.54, 1.807) is 29.9 Å². The Balaban J connectivity index is 1.74. The topological polar surface area (TPSA) is 143 Å². The highest BCUT2D eigenvalue weighted by atomic mass is 35.5. The molecule has 14 heteroatoms. The van der Waals surface area contributed by atoms with Gasteiger partial charge in [0.2, 0.25) is 21.9 Å². The Morgan fingerprint density at radius 2 is 1.89 bits per heavy atom. The number of methoxy groups -OCH3 is 3. The van der Waals surface area contributed by atoms with Crippen LogP contribution in [0.15, 0.2) is 30.6 Å². The summed E-state index contributed by atoms with van der Waals surface area (Å²) in [6.45, 7) is 1.86. The molecule has 36 heavy (non-hydrogen) atoms. The van der Waals surface area contributed by atoms with Gasteiger partial charge in [-0.2, -0.15) is 0 Å². The van der Waals surface area contributed by atoms with Crippen LogP contribution in [-0.2, 0) is 25.0 Å². The quantitative estimate of drug-likeness (QED) is 0.387. The lowest BCUT2D eigenvalue weighted by molar-refractivity contribution is 0.0299. The van der Waals surface area contributed by atoms with Crippen LogP contribution in [0.3, 0.4) is 0 Å². The molecule has 3 heterocycles. The van der Waals surface area contributed by atoms with Crippen molar-refractivity contribution in [1.82, 2.24) is 29.7 Å². The number of pyridine rings is 1. The maximum absolute atomic E-state index is 13.5. The van der Waals surface area contributed by atoms with Gasteiger partial charge in [-0.25, -0.2) is 23.4 Å². The van der Waals surface area contributed by atoms with E-state index in [4.69, 9.17) is 25.8 Å². The molecule has 2 unspecified atom stereocenters. The summed E-state index contributed by atoms with van der Waals surface area (Å²) in [5.74, 6) is 1.06. The normalized spacial score (nSPS) is 16.7. The number of hydrogen-bond donors (Lipinski definition) is 1. The van der Waals surface area contributed by atoms with E-state index in [2.05, 4.69) is 29.9 Å². The molecule has 4 rings (SSSR count). The number of ether oxygens (including phenoxy) is 3. The number of anilines is 1. The van der Waals surface area contributed by atoms with Crippen LogP contribution in [-0.4, -0.2) is 71.3 Å². The highest BCUT2D eigenvalue weighted by Crippen LogP contribution is 2.44. The summed E-state index contributed by atoms with van der Waals surface area (Å²) in [7, 11) is 0.478. The molecule has 2 atom stereocenters. The Kier molecular flexibility index (Phi) is 7.73. The third-order valence-corrected chi connectivity index (χ3v) is 8.18. The van der Waals surface area contributed by atoms with Gasteiger partial charge in [0.25, 0.3) is 0 Å². The highest BCUT2D eigenvalue weighted by Gasteiger charge is 2.44. The second-order valence-corrected chi connectivity index (χ2v) is 11.0. The lowest BCUT2D eigenvalue weighted by Gasteiger charge is -2.43. The monoisotopic (exact) mass is 537 g/mol. The Morgan fingerprint density at radius 1 is 1.17 bits per heavy atom. The minimum absolute atomic E-state index is 0.0603. The van der Waals surface area contributed by atoms with Gasteiger partial charge in [0, 0.05) is 32.7 Å². The van der Waals surface area contributed by atoms with Crippen molar-refractivity contribution in [3.63, 3.8) is 0 Å². The fourth-order valence-electron chi connectivity index (χ4n) is 4.26. The van der Waals surface area contributed by atoms with Crippen molar-refractivity contribution >= 4 is 27.6 Å². The summed E-state index contributed by atoms with van der Waals surface area (Å²) in [5, 5.41) is 7.78. The SMILES string of the molecule is COCC1(n2c(NS(=O)(=O)C(C)C(OC)c3ncc(Cl)cn3)nnc2-c2cccc(OC)n2)CCC1. The van der Waals surface area contributed by atoms with E-state index < -0.39 is 26.9 Å². The van der Waals surface area contributed by atoms with Gasteiger partial charge in [0.15, 0.2) is 11.6 Å². The zero-order valence-electron chi connectivity index (χ0n) is 20.4. The second-order valence-electron chi connectivity index (χ2n) is 8.53. The van der Waals surface area contributed by atoms with Crippen molar-refractivity contribution < 1.29 is 22.6 Å². The smallest absolute Gasteiger partial charge is 0.240 e. The van der Waals surface area contributed by atoms with Crippen LogP contribution in [0, 0.1) is 0 Å². The van der Waals surface area contributed by atoms with Crippen LogP contribution in [0.25, 0.3) is 11.5 Å². The fourth-order valence-corrected chi connectivity index (χ4v) is 5.49. The molecular weight excluding hydrogens is 510 g/mol. The number of aromatic nitrogens is 6. The van der Waals surface area contributed by atoms with Crippen LogP contribution in [0.5, 0.6) is 5.88 Å². The first-order chi connectivity index (χ1) is 17.2. The van der Waals surface area contributed by atoms with Crippen molar-refractivity contribution in [1.29, 1.82) is 0 Å². The molecule has 0 amide bonds. The molecule has 1 aliphatic carbocycles. The third-order valence-electron chi connectivity index (χ3n) is 6.29. The Hall–Kier alpha value is -2.87. The number of sulfonamides is 1. The first-order valence-corrected chi connectivity index (χ1v) is 13.1. The molecule has 3 aromatic rings. The van der Waals surface area contributed by atoms with Gasteiger partial charge in [0.05, 0.1) is 24.3 Å². The maximum Gasteiger partial charge on any atom is 0.240 e. The first kappa shape index (κ1) is 26.2. The molecule has 1 fully saturated rings. The molecule has 3 aromatic heterocycles. The average Bonchev–Trinajstić information content (AvgIpc) is 3.26. The second kappa shape index (κ2) is 10.6. The number of rotatable bonds is 11. The molecule has 1 saturated carbocycles. The fraction of sp³-hybridized carbons (Fsp3) is 0.500. The summed E-state index contributed by atoms with van der Waals surface area (Å²) in [6, 6.07) is 5.26. The van der Waals surface area contributed by atoms with Crippen molar-refractivity contribution in [3.05, 3.63) is 41.4 Å². The molecule has 0 bridgehead atoms. The minimum Gasteiger partial charge on any atom is -0.481 e. The van der Waals surface area contributed by atoms with Gasteiger partial charge in [-0.15, -0.1) is 10.2 Å². The molecular formula is C22H28ClN7O5S.